The summed E-state index contributed by atoms with van der Waals surface area (Å²) in [5.41, 5.74) is 16.5. The first-order valence-electron chi connectivity index (χ1n) is 35.1. The van der Waals surface area contributed by atoms with Crippen LogP contribution in [0.25, 0.3) is 66.5 Å². The van der Waals surface area contributed by atoms with Crippen molar-refractivity contribution in [2.45, 2.75) is 69.5 Å². The Kier molecular flexibility index (Phi) is 25.3. The molecule has 15 rings (SSSR count). The number of hydrogen-bond acceptors (Lipinski definition) is 19. The van der Waals surface area contributed by atoms with E-state index in [1.807, 2.05) is 91.4 Å². The number of carbonyl (C=O) groups is 6. The van der Waals surface area contributed by atoms with E-state index < -0.39 is 5.24 Å². The van der Waals surface area contributed by atoms with Crippen LogP contribution in [0, 0.1) is 0 Å². The van der Waals surface area contributed by atoms with Crippen LogP contribution in [0.2, 0.25) is 15.1 Å². The van der Waals surface area contributed by atoms with E-state index in [1.165, 1.54) is 18.3 Å². The second-order valence-corrected chi connectivity index (χ2v) is 27.5. The van der Waals surface area contributed by atoms with Crippen LogP contribution in [0.5, 0.6) is 0 Å². The number of aromatic amines is 3. The van der Waals surface area contributed by atoms with Crippen LogP contribution in [0.1, 0.15) is 81.1 Å². The molecule has 8 N–H and O–H groups in total. The number of anilines is 4. The van der Waals surface area contributed by atoms with Crippen molar-refractivity contribution < 1.29 is 28.8 Å². The fourth-order valence-electron chi connectivity index (χ4n) is 12.9. The maximum Gasteiger partial charge on any atom is 0.272 e. The molecule has 3 amide bonds. The third kappa shape index (κ3) is 19.4. The Bertz CT molecular complexity index is 5110. The number of amides is 3. The Morgan fingerprint density at radius 1 is 0.440 bits per heavy atom. The van der Waals surface area contributed by atoms with E-state index in [4.69, 9.17) is 67.1 Å². The summed E-state index contributed by atoms with van der Waals surface area (Å²) in [4.78, 5) is 127. The zero-order valence-corrected chi connectivity index (χ0v) is 62.0. The number of nitrogens with zero attached hydrogens (tertiary/aromatic N) is 12. The number of benzene rings is 3. The largest absolute Gasteiger partial charge is 0.397 e. The molecule has 3 aromatic carbocycles. The van der Waals surface area contributed by atoms with Gasteiger partial charge in [0.1, 0.15) is 17.1 Å². The number of rotatable bonds is 19. The maximum absolute atomic E-state index is 13.1. The van der Waals surface area contributed by atoms with E-state index in [-0.39, 0.29) is 60.3 Å². The van der Waals surface area contributed by atoms with Gasteiger partial charge in [-0.2, -0.15) is 0 Å². The minimum atomic E-state index is -0.509. The molecule has 3 fully saturated rings. The van der Waals surface area contributed by atoms with Gasteiger partial charge in [0.25, 0.3) is 17.7 Å². The number of carbonyl (C=O) groups excluding carboxylic acids is 6. The smallest absolute Gasteiger partial charge is 0.272 e. The van der Waals surface area contributed by atoms with Gasteiger partial charge in [-0.15, -0.1) is 0 Å². The molecule has 0 saturated carbocycles. The third-order valence-electron chi connectivity index (χ3n) is 18.4. The number of para-hydroxylation sites is 3. The maximum atomic E-state index is 13.1. The molecule has 3 aliphatic heterocycles. The van der Waals surface area contributed by atoms with Crippen molar-refractivity contribution in [1.29, 1.82) is 0 Å². The van der Waals surface area contributed by atoms with Crippen LogP contribution in [0.4, 0.5) is 23.5 Å². The van der Waals surface area contributed by atoms with E-state index in [0.717, 1.165) is 105 Å². The number of piperidine rings is 3. The molecule has 0 radical (unpaired) electrons. The summed E-state index contributed by atoms with van der Waals surface area (Å²) < 4.78 is 0. The number of fused-ring (bicyclic) bond motifs is 3. The summed E-state index contributed by atoms with van der Waals surface area (Å²) in [7, 11) is 0. The van der Waals surface area contributed by atoms with Crippen molar-refractivity contribution in [1.82, 2.24) is 74.5 Å². The number of nitrogen functional groups attached to an aromatic ring is 1. The van der Waals surface area contributed by atoms with Crippen LogP contribution in [0.15, 0.2) is 203 Å². The van der Waals surface area contributed by atoms with Crippen molar-refractivity contribution in [3.63, 3.8) is 0 Å². The van der Waals surface area contributed by atoms with Crippen molar-refractivity contribution in [2.75, 3.05) is 61.0 Å². The summed E-state index contributed by atoms with van der Waals surface area (Å²) in [5, 5.41) is 14.2. The first-order valence-corrected chi connectivity index (χ1v) is 36.6. The molecule has 109 heavy (non-hydrogen) atoms. The quantitative estimate of drug-likeness (QED) is 0.0292. The normalized spacial score (nSPS) is 15.4. The van der Waals surface area contributed by atoms with E-state index >= 15 is 0 Å². The monoisotopic (exact) mass is 1540 g/mol. The van der Waals surface area contributed by atoms with Gasteiger partial charge in [0, 0.05) is 151 Å². The number of allylic oxidation sites excluding steroid dienone is 3. The first kappa shape index (κ1) is 76.6. The summed E-state index contributed by atoms with van der Waals surface area (Å²) in [6.07, 6.45) is 24.5. The third-order valence-corrected chi connectivity index (χ3v) is 19.3. The van der Waals surface area contributed by atoms with Crippen molar-refractivity contribution in [3.05, 3.63) is 246 Å². The number of likely N-dealkylation sites (tertiary alicyclic amines) is 3. The van der Waals surface area contributed by atoms with Crippen molar-refractivity contribution in [3.8, 4) is 33.8 Å². The van der Waals surface area contributed by atoms with Crippen LogP contribution >= 0.6 is 46.4 Å². The van der Waals surface area contributed by atoms with E-state index in [1.54, 1.807) is 82.1 Å². The Labute approximate surface area is 647 Å². The molecule has 3 aliphatic rings. The lowest BCUT2D eigenvalue weighted by Gasteiger charge is -2.33. The Morgan fingerprint density at radius 2 is 0.761 bits per heavy atom. The summed E-state index contributed by atoms with van der Waals surface area (Å²) in [5.74, 6) is 0.865. The van der Waals surface area contributed by atoms with Crippen LogP contribution in [-0.2, 0) is 27.2 Å². The van der Waals surface area contributed by atoms with E-state index in [9.17, 15) is 28.8 Å². The lowest BCUT2D eigenvalue weighted by Crippen LogP contribution is -2.45. The van der Waals surface area contributed by atoms with Crippen molar-refractivity contribution >= 4 is 137 Å². The van der Waals surface area contributed by atoms with Gasteiger partial charge in [-0.25, -0.2) is 34.9 Å². The van der Waals surface area contributed by atoms with Crippen LogP contribution in [-0.4, -0.2) is 166 Å². The number of hydrogen-bond donors (Lipinski definition) is 7. The summed E-state index contributed by atoms with van der Waals surface area (Å²) in [6.45, 7) is 13.6. The van der Waals surface area contributed by atoms with Gasteiger partial charge in [0.15, 0.2) is 11.6 Å². The Morgan fingerprint density at radius 3 is 1.06 bits per heavy atom. The van der Waals surface area contributed by atoms with Gasteiger partial charge in [0.2, 0.25) is 23.1 Å². The van der Waals surface area contributed by atoms with E-state index in [2.05, 4.69) is 80.5 Å². The molecule has 29 heteroatoms. The van der Waals surface area contributed by atoms with Gasteiger partial charge in [0.05, 0.1) is 62.6 Å². The molecule has 0 spiro atoms. The van der Waals surface area contributed by atoms with Crippen molar-refractivity contribution in [2.24, 2.45) is 0 Å². The number of halogens is 4. The molecule has 554 valence electrons. The lowest BCUT2D eigenvalue weighted by molar-refractivity contribution is -0.114. The minimum Gasteiger partial charge on any atom is -0.397 e. The average molecular weight is 1540 g/mol. The number of ketones is 2. The summed E-state index contributed by atoms with van der Waals surface area (Å²) >= 11 is 24.1. The topological polar surface area (TPSA) is 338 Å². The zero-order valence-electron chi connectivity index (χ0n) is 59.0. The fraction of sp³-hybridized carbons (Fsp3) is 0.212. The molecule has 9 aromatic heterocycles. The molecule has 0 unspecified atom stereocenters. The van der Waals surface area contributed by atoms with Crippen LogP contribution in [0.3, 0.4) is 0 Å². The highest BCUT2D eigenvalue weighted by molar-refractivity contribution is 6.66. The van der Waals surface area contributed by atoms with Gasteiger partial charge in [-0.3, -0.25) is 38.7 Å². The molecule has 3 atom stereocenters. The molecule has 12 aromatic rings. The van der Waals surface area contributed by atoms with Gasteiger partial charge in [-0.1, -0.05) is 121 Å². The Hall–Kier alpha value is -12.0. The number of pyridine rings is 3. The molecule has 3 saturated heterocycles. The zero-order chi connectivity index (χ0) is 76.5. The average Bonchev–Trinajstić information content (AvgIpc) is 1.68. The number of H-pyrrole nitrogens is 3. The lowest BCUT2D eigenvalue weighted by atomic mass is 10.0. The molecular formula is C80H75Cl4N19O6. The SMILES string of the molecule is C=CC(=O)Cc1ccc(C(=O)N2CCC[C@@H](Nc3ncc(Cl)c(-c4c[nH]c5ccccc45)n3)C2)nc1.C=CC(=O)Cc1ccc(C(=O)N2CCC[C@@H](Nc3ncc(Cl)c(-c4c[nH]c5ccccc45)n3)C2)nc1.C=CC(=O)Cl.Nc1ccc(C(=O)N2CCC[C@@H](Nc3ncc(Cl)c(-c4c[nH]c5ccccc45)n3)C2)nc1. The van der Waals surface area contributed by atoms with Crippen LogP contribution < -0.4 is 21.7 Å². The van der Waals surface area contributed by atoms with E-state index in [0.29, 0.717) is 112 Å². The predicted molar refractivity (Wildman–Crippen MR) is 427 cm³/mol. The summed E-state index contributed by atoms with van der Waals surface area (Å²) in [6, 6.07) is 34.2. The second-order valence-electron chi connectivity index (χ2n) is 25.9. The molecule has 12 heterocycles. The number of nitrogens with two attached hydrogens (primary N) is 1. The van der Waals surface area contributed by atoms with Gasteiger partial charge >= 0.3 is 0 Å². The number of aromatic nitrogens is 12. The highest BCUT2D eigenvalue weighted by Gasteiger charge is 2.30. The molecule has 25 nitrogen and oxygen atoms in total. The number of nitrogens with one attached hydrogen (secondary N) is 6. The minimum absolute atomic E-state index is 0.0100. The predicted octanol–water partition coefficient (Wildman–Crippen LogP) is 14.3. The standard InChI is InChI=1S/2C27H25ClN6O2.C23H22ClN7O.C3H3ClO/c2*1-2-19(35)12-17-9-10-24(29-13-17)26(36)34-11-5-6-18(16-34)32-27-31-15-22(28)25(33-27)21-14-30-23-8-4-3-7-20(21)23;24-18-12-28-23(30-21(18)17-11-27-19-6-2-1-5-16(17)19)29-15-4-3-9-31(13-15)22(32)20-8-7-14(25)10-26-20;1-2-3(4)5/h2*2-4,7-10,13-15,18,30H,1,5-6,11-12,16H2,(H,31,32,33);1-2,5-8,10-12,15,27H,3-4,9,13,25H2,(H,28,29,30);2H,1H2/t2*18-;15-;/m111./s1. The highest BCUT2D eigenvalue weighted by Crippen LogP contribution is 2.36. The highest BCUT2D eigenvalue weighted by atomic mass is 35.5. The van der Waals surface area contributed by atoms with Gasteiger partial charge < -0.3 is 51.3 Å². The molecule has 0 bridgehead atoms. The Balaban J connectivity index is 0.000000148. The molecular weight excluding hydrogens is 1460 g/mol. The second kappa shape index (κ2) is 36.0. The van der Waals surface area contributed by atoms with Gasteiger partial charge in [-0.05, 0) is 122 Å². The fourth-order valence-corrected chi connectivity index (χ4v) is 13.5. The molecule has 0 aliphatic carbocycles. The first-order chi connectivity index (χ1) is 52.9.